The van der Waals surface area contributed by atoms with E-state index >= 15 is 0 Å². The number of likely N-dealkylation sites (tertiary alicyclic amines) is 1. The van der Waals surface area contributed by atoms with E-state index in [4.69, 9.17) is 22.1 Å². The second-order valence-electron chi connectivity index (χ2n) is 5.02. The van der Waals surface area contributed by atoms with Gasteiger partial charge in [-0.05, 0) is 31.0 Å². The number of hydrogen-bond donors (Lipinski definition) is 2. The molecule has 1 fully saturated rings. The first-order chi connectivity index (χ1) is 9.13. The third-order valence-electron chi connectivity index (χ3n) is 3.81. The molecule has 106 valence electrons. The van der Waals surface area contributed by atoms with Crippen molar-refractivity contribution >= 4 is 11.6 Å². The smallest absolute Gasteiger partial charge is 0.120 e. The highest BCUT2D eigenvalue weighted by atomic mass is 35.5. The molecule has 1 heterocycles. The maximum absolute atomic E-state index is 9.88. The number of benzene rings is 1. The Morgan fingerprint density at radius 3 is 3.00 bits per heavy atom. The zero-order valence-corrected chi connectivity index (χ0v) is 11.9. The highest BCUT2D eigenvalue weighted by molar-refractivity contribution is 6.30. The Morgan fingerprint density at radius 2 is 2.32 bits per heavy atom. The van der Waals surface area contributed by atoms with Crippen LogP contribution in [-0.2, 0) is 11.3 Å². The molecule has 0 bridgehead atoms. The van der Waals surface area contributed by atoms with Gasteiger partial charge >= 0.3 is 0 Å². The summed E-state index contributed by atoms with van der Waals surface area (Å²) in [7, 11) is 1.75. The van der Waals surface area contributed by atoms with Gasteiger partial charge in [-0.3, -0.25) is 4.90 Å². The predicted octanol–water partition coefficient (Wildman–Crippen LogP) is 1.98. The van der Waals surface area contributed by atoms with E-state index in [1.165, 1.54) is 0 Å². The summed E-state index contributed by atoms with van der Waals surface area (Å²) < 4.78 is 5.41. The molecule has 1 saturated heterocycles. The second kappa shape index (κ2) is 6.57. The third kappa shape index (κ3) is 3.60. The van der Waals surface area contributed by atoms with Crippen LogP contribution in [0.5, 0.6) is 5.75 Å². The summed E-state index contributed by atoms with van der Waals surface area (Å²) in [4.78, 5) is 2.29. The standard InChI is InChI=1S/C14H21ClN2O2/c1-19-13-4-5-17(12(7-13)8-16)9-10-6-11(15)2-3-14(10)18/h2-3,6,12-13,18H,4-5,7-9,16H2,1H3. The van der Waals surface area contributed by atoms with Crippen molar-refractivity contribution in [3.63, 3.8) is 0 Å². The van der Waals surface area contributed by atoms with Crippen LogP contribution in [0.4, 0.5) is 0 Å². The Morgan fingerprint density at radius 1 is 1.53 bits per heavy atom. The van der Waals surface area contributed by atoms with Crippen molar-refractivity contribution in [1.29, 1.82) is 0 Å². The van der Waals surface area contributed by atoms with Gasteiger partial charge in [-0.1, -0.05) is 11.6 Å². The van der Waals surface area contributed by atoms with Gasteiger partial charge in [0.25, 0.3) is 0 Å². The zero-order valence-electron chi connectivity index (χ0n) is 11.2. The number of nitrogens with zero attached hydrogens (tertiary/aromatic N) is 1. The van der Waals surface area contributed by atoms with Gasteiger partial charge in [0, 0.05) is 43.4 Å². The molecule has 2 rings (SSSR count). The number of piperidine rings is 1. The van der Waals surface area contributed by atoms with Gasteiger partial charge in [0.1, 0.15) is 5.75 Å². The topological polar surface area (TPSA) is 58.7 Å². The van der Waals surface area contributed by atoms with E-state index in [-0.39, 0.29) is 17.9 Å². The van der Waals surface area contributed by atoms with Gasteiger partial charge in [0.2, 0.25) is 0 Å². The summed E-state index contributed by atoms with van der Waals surface area (Å²) in [6.07, 6.45) is 2.22. The van der Waals surface area contributed by atoms with E-state index < -0.39 is 0 Å². The molecule has 2 atom stereocenters. The van der Waals surface area contributed by atoms with E-state index in [9.17, 15) is 5.11 Å². The fraction of sp³-hybridized carbons (Fsp3) is 0.571. The number of nitrogens with two attached hydrogens (primary N) is 1. The lowest BCUT2D eigenvalue weighted by Gasteiger charge is -2.38. The molecule has 0 aliphatic carbocycles. The van der Waals surface area contributed by atoms with Crippen molar-refractivity contribution < 1.29 is 9.84 Å². The summed E-state index contributed by atoms with van der Waals surface area (Å²) in [5, 5.41) is 10.5. The number of phenolic OH excluding ortho intramolecular Hbond substituents is 1. The molecule has 4 nitrogen and oxygen atoms in total. The minimum atomic E-state index is 0.286. The molecule has 3 N–H and O–H groups in total. The van der Waals surface area contributed by atoms with E-state index in [2.05, 4.69) is 4.90 Å². The van der Waals surface area contributed by atoms with Gasteiger partial charge in [0.05, 0.1) is 6.10 Å². The minimum Gasteiger partial charge on any atom is -0.508 e. The van der Waals surface area contributed by atoms with Crippen LogP contribution in [0.15, 0.2) is 18.2 Å². The molecule has 5 heteroatoms. The predicted molar refractivity (Wildman–Crippen MR) is 76.4 cm³/mol. The van der Waals surface area contributed by atoms with Gasteiger partial charge in [-0.15, -0.1) is 0 Å². The van der Waals surface area contributed by atoms with E-state index in [0.29, 0.717) is 18.1 Å². The van der Waals surface area contributed by atoms with Crippen LogP contribution in [0.1, 0.15) is 18.4 Å². The second-order valence-corrected chi connectivity index (χ2v) is 5.45. The molecule has 0 spiro atoms. The van der Waals surface area contributed by atoms with Crippen LogP contribution in [-0.4, -0.2) is 42.4 Å². The fourth-order valence-corrected chi connectivity index (χ4v) is 2.82. The van der Waals surface area contributed by atoms with Gasteiger partial charge in [0.15, 0.2) is 0 Å². The van der Waals surface area contributed by atoms with Crippen molar-refractivity contribution in [3.8, 4) is 5.75 Å². The minimum absolute atomic E-state index is 0.286. The van der Waals surface area contributed by atoms with Gasteiger partial charge in [-0.25, -0.2) is 0 Å². The van der Waals surface area contributed by atoms with Crippen LogP contribution in [0.25, 0.3) is 0 Å². The van der Waals surface area contributed by atoms with Crippen LogP contribution >= 0.6 is 11.6 Å². The average Bonchev–Trinajstić information content (AvgIpc) is 2.43. The molecule has 1 aliphatic heterocycles. The zero-order chi connectivity index (χ0) is 13.8. The molecule has 1 aromatic carbocycles. The first kappa shape index (κ1) is 14.6. The summed E-state index contributed by atoms with van der Waals surface area (Å²) in [6, 6.07) is 5.43. The van der Waals surface area contributed by atoms with Crippen molar-refractivity contribution in [2.45, 2.75) is 31.5 Å². The van der Waals surface area contributed by atoms with Gasteiger partial charge < -0.3 is 15.6 Å². The molecule has 0 saturated carbocycles. The Labute approximate surface area is 119 Å². The highest BCUT2D eigenvalue weighted by Crippen LogP contribution is 2.26. The van der Waals surface area contributed by atoms with Crippen LogP contribution in [0.3, 0.4) is 0 Å². The first-order valence-electron chi connectivity index (χ1n) is 6.58. The fourth-order valence-electron chi connectivity index (χ4n) is 2.63. The summed E-state index contributed by atoms with van der Waals surface area (Å²) in [5.41, 5.74) is 6.70. The highest BCUT2D eigenvalue weighted by Gasteiger charge is 2.27. The number of methoxy groups -OCH3 is 1. The molecular formula is C14H21ClN2O2. The quantitative estimate of drug-likeness (QED) is 0.888. The molecular weight excluding hydrogens is 264 g/mol. The number of rotatable bonds is 4. The van der Waals surface area contributed by atoms with Gasteiger partial charge in [-0.2, -0.15) is 0 Å². The lowest BCUT2D eigenvalue weighted by Crippen LogP contribution is -2.47. The van der Waals surface area contributed by atoms with E-state index in [0.717, 1.165) is 24.9 Å². The molecule has 1 aliphatic rings. The number of aromatic hydroxyl groups is 1. The average molecular weight is 285 g/mol. The Hall–Kier alpha value is -0.810. The van der Waals surface area contributed by atoms with Crippen molar-refractivity contribution in [2.75, 3.05) is 20.2 Å². The maximum atomic E-state index is 9.88. The van der Waals surface area contributed by atoms with Crippen molar-refractivity contribution in [1.82, 2.24) is 4.90 Å². The molecule has 19 heavy (non-hydrogen) atoms. The molecule has 0 amide bonds. The number of ether oxygens (including phenoxy) is 1. The molecule has 0 radical (unpaired) electrons. The van der Waals surface area contributed by atoms with Crippen LogP contribution in [0, 0.1) is 0 Å². The Balaban J connectivity index is 2.07. The number of phenols is 1. The van der Waals surface area contributed by atoms with Crippen molar-refractivity contribution in [3.05, 3.63) is 28.8 Å². The SMILES string of the molecule is COC1CCN(Cc2cc(Cl)ccc2O)C(CN)C1. The Kier molecular flexibility index (Phi) is 5.05. The lowest BCUT2D eigenvalue weighted by atomic mass is 9.98. The monoisotopic (exact) mass is 284 g/mol. The lowest BCUT2D eigenvalue weighted by molar-refractivity contribution is 0.0100. The first-order valence-corrected chi connectivity index (χ1v) is 6.96. The summed E-state index contributed by atoms with van der Waals surface area (Å²) in [6.45, 7) is 2.19. The molecule has 1 aromatic rings. The van der Waals surface area contributed by atoms with Crippen LogP contribution in [0.2, 0.25) is 5.02 Å². The third-order valence-corrected chi connectivity index (χ3v) is 4.05. The Bertz CT molecular complexity index is 428. The number of hydrogen-bond acceptors (Lipinski definition) is 4. The summed E-state index contributed by atoms with van der Waals surface area (Å²) >= 11 is 5.98. The van der Waals surface area contributed by atoms with E-state index in [1.54, 1.807) is 19.2 Å². The largest absolute Gasteiger partial charge is 0.508 e. The van der Waals surface area contributed by atoms with Crippen LogP contribution < -0.4 is 5.73 Å². The maximum Gasteiger partial charge on any atom is 0.120 e. The normalized spacial score (nSPS) is 24.6. The molecule has 2 unspecified atom stereocenters. The number of halogens is 1. The summed E-state index contributed by atoms with van der Waals surface area (Å²) in [5.74, 6) is 0.286. The van der Waals surface area contributed by atoms with Crippen molar-refractivity contribution in [2.24, 2.45) is 5.73 Å². The van der Waals surface area contributed by atoms with E-state index in [1.807, 2.05) is 6.07 Å². The molecule has 0 aromatic heterocycles.